The lowest BCUT2D eigenvalue weighted by Crippen LogP contribution is -1.87. The van der Waals surface area contributed by atoms with Gasteiger partial charge in [0.2, 0.25) is 0 Å². The summed E-state index contributed by atoms with van der Waals surface area (Å²) < 4.78 is 5.89. The number of hydrogen-bond acceptors (Lipinski definition) is 2. The maximum atomic E-state index is 5.89. The van der Waals surface area contributed by atoms with Crippen LogP contribution in [0.3, 0.4) is 0 Å². The molecule has 2 nitrogen and oxygen atoms in total. The molecule has 3 aromatic rings. The number of furan rings is 1. The zero-order valence-electron chi connectivity index (χ0n) is 10.5. The van der Waals surface area contributed by atoms with E-state index >= 15 is 0 Å². The highest BCUT2D eigenvalue weighted by Crippen LogP contribution is 2.31. The van der Waals surface area contributed by atoms with E-state index in [1.54, 1.807) is 0 Å². The van der Waals surface area contributed by atoms with Crippen molar-refractivity contribution in [3.05, 3.63) is 53.6 Å². The number of benzene rings is 2. The molecule has 0 atom stereocenters. The Morgan fingerprint density at radius 1 is 0.944 bits per heavy atom. The van der Waals surface area contributed by atoms with Crippen molar-refractivity contribution in [2.75, 3.05) is 5.73 Å². The number of aryl methyl sites for hydroxylation is 2. The Kier molecular flexibility index (Phi) is 2.37. The van der Waals surface area contributed by atoms with Crippen molar-refractivity contribution in [1.82, 2.24) is 0 Å². The molecule has 0 radical (unpaired) electrons. The normalized spacial score (nSPS) is 11.0. The van der Waals surface area contributed by atoms with Gasteiger partial charge >= 0.3 is 0 Å². The van der Waals surface area contributed by atoms with E-state index < -0.39 is 0 Å². The minimum absolute atomic E-state index is 0.781. The minimum atomic E-state index is 0.781. The van der Waals surface area contributed by atoms with Crippen LogP contribution in [0.4, 0.5) is 5.69 Å². The molecule has 0 bridgehead atoms. The van der Waals surface area contributed by atoms with Crippen LogP contribution in [0, 0.1) is 13.8 Å². The van der Waals surface area contributed by atoms with Crippen molar-refractivity contribution in [2.24, 2.45) is 0 Å². The van der Waals surface area contributed by atoms with Crippen LogP contribution in [0.15, 0.2) is 46.9 Å². The Balaban J connectivity index is 2.19. The largest absolute Gasteiger partial charge is 0.456 e. The van der Waals surface area contributed by atoms with Crippen molar-refractivity contribution in [3.8, 4) is 11.3 Å². The number of rotatable bonds is 1. The second-order valence-electron chi connectivity index (χ2n) is 4.73. The molecule has 0 unspecified atom stereocenters. The molecule has 1 aromatic heterocycles. The van der Waals surface area contributed by atoms with Crippen LogP contribution in [0.25, 0.3) is 22.3 Å². The molecule has 90 valence electrons. The summed E-state index contributed by atoms with van der Waals surface area (Å²) in [5.74, 6) is 0.896. The van der Waals surface area contributed by atoms with Gasteiger partial charge in [-0.3, -0.25) is 0 Å². The van der Waals surface area contributed by atoms with Crippen molar-refractivity contribution in [3.63, 3.8) is 0 Å². The van der Waals surface area contributed by atoms with E-state index in [0.717, 1.165) is 33.5 Å². The average molecular weight is 237 g/mol. The first-order valence-electron chi connectivity index (χ1n) is 6.00. The molecule has 0 saturated carbocycles. The van der Waals surface area contributed by atoms with Gasteiger partial charge in [0.1, 0.15) is 11.3 Å². The summed E-state index contributed by atoms with van der Waals surface area (Å²) in [6, 6.07) is 14.2. The summed E-state index contributed by atoms with van der Waals surface area (Å²) in [6.07, 6.45) is 0. The monoisotopic (exact) mass is 237 g/mol. The molecule has 3 rings (SSSR count). The molecular formula is C16H15NO. The third-order valence-corrected chi connectivity index (χ3v) is 3.19. The van der Waals surface area contributed by atoms with Crippen molar-refractivity contribution >= 4 is 16.7 Å². The van der Waals surface area contributed by atoms with E-state index in [1.807, 2.05) is 31.2 Å². The Labute approximate surface area is 106 Å². The number of fused-ring (bicyclic) bond motifs is 1. The molecule has 0 aliphatic rings. The summed E-state index contributed by atoms with van der Waals surface area (Å²) >= 11 is 0. The molecule has 18 heavy (non-hydrogen) atoms. The Hall–Kier alpha value is -2.22. The van der Waals surface area contributed by atoms with Crippen LogP contribution in [0.2, 0.25) is 0 Å². The predicted molar refractivity (Wildman–Crippen MR) is 75.5 cm³/mol. The Morgan fingerprint density at radius 2 is 1.78 bits per heavy atom. The molecule has 2 aromatic carbocycles. The average Bonchev–Trinajstić information content (AvgIpc) is 2.71. The molecule has 0 fully saturated rings. The van der Waals surface area contributed by atoms with Gasteiger partial charge < -0.3 is 10.2 Å². The summed E-state index contributed by atoms with van der Waals surface area (Å²) in [7, 11) is 0. The number of anilines is 1. The van der Waals surface area contributed by atoms with E-state index in [2.05, 4.69) is 25.1 Å². The molecule has 0 aliphatic heterocycles. The van der Waals surface area contributed by atoms with E-state index in [9.17, 15) is 0 Å². The van der Waals surface area contributed by atoms with E-state index in [0.29, 0.717) is 0 Å². The molecule has 2 heteroatoms. The Bertz CT molecular complexity index is 725. The zero-order valence-corrected chi connectivity index (χ0v) is 10.5. The smallest absolute Gasteiger partial charge is 0.135 e. The summed E-state index contributed by atoms with van der Waals surface area (Å²) in [6.45, 7) is 4.13. The van der Waals surface area contributed by atoms with Gasteiger partial charge in [-0.05, 0) is 55.8 Å². The van der Waals surface area contributed by atoms with E-state index in [1.165, 1.54) is 5.56 Å². The highest BCUT2D eigenvalue weighted by atomic mass is 16.3. The van der Waals surface area contributed by atoms with Gasteiger partial charge in [-0.2, -0.15) is 0 Å². The summed E-state index contributed by atoms with van der Waals surface area (Å²) in [5.41, 5.74) is 10.9. The van der Waals surface area contributed by atoms with Gasteiger partial charge in [0, 0.05) is 16.6 Å². The molecule has 2 N–H and O–H groups in total. The third kappa shape index (κ3) is 1.76. The Morgan fingerprint density at radius 3 is 2.56 bits per heavy atom. The molecule has 0 saturated heterocycles. The van der Waals surface area contributed by atoms with E-state index in [-0.39, 0.29) is 0 Å². The van der Waals surface area contributed by atoms with Crippen molar-refractivity contribution in [2.45, 2.75) is 13.8 Å². The van der Waals surface area contributed by atoms with Gasteiger partial charge in [0.15, 0.2) is 0 Å². The van der Waals surface area contributed by atoms with Crippen molar-refractivity contribution in [1.29, 1.82) is 0 Å². The van der Waals surface area contributed by atoms with Gasteiger partial charge in [0.25, 0.3) is 0 Å². The SMILES string of the molecule is Cc1ccc2oc(-c3ccc(N)cc3C)cc2c1. The molecular weight excluding hydrogens is 222 g/mol. The molecule has 0 aliphatic carbocycles. The lowest BCUT2D eigenvalue weighted by molar-refractivity contribution is 0.631. The summed E-state index contributed by atoms with van der Waals surface area (Å²) in [4.78, 5) is 0. The lowest BCUT2D eigenvalue weighted by Gasteiger charge is -2.02. The highest BCUT2D eigenvalue weighted by molar-refractivity contribution is 5.84. The highest BCUT2D eigenvalue weighted by Gasteiger charge is 2.08. The maximum Gasteiger partial charge on any atom is 0.135 e. The van der Waals surface area contributed by atoms with Crippen LogP contribution in [0.1, 0.15) is 11.1 Å². The standard InChI is InChI=1S/C16H15NO/c1-10-3-6-15-12(7-10)9-16(18-15)14-5-4-13(17)8-11(14)2/h3-9H,17H2,1-2H3. The van der Waals surface area contributed by atoms with Gasteiger partial charge in [-0.15, -0.1) is 0 Å². The van der Waals surface area contributed by atoms with Crippen LogP contribution < -0.4 is 5.73 Å². The lowest BCUT2D eigenvalue weighted by atomic mass is 10.1. The van der Waals surface area contributed by atoms with Crippen molar-refractivity contribution < 1.29 is 4.42 Å². The quantitative estimate of drug-likeness (QED) is 0.641. The second kappa shape index (κ2) is 3.91. The fraction of sp³-hybridized carbons (Fsp3) is 0.125. The first-order chi connectivity index (χ1) is 8.63. The van der Waals surface area contributed by atoms with Gasteiger partial charge in [0.05, 0.1) is 0 Å². The molecule has 0 spiro atoms. The molecule has 1 heterocycles. The van der Waals surface area contributed by atoms with Crippen LogP contribution >= 0.6 is 0 Å². The zero-order chi connectivity index (χ0) is 12.7. The van der Waals surface area contributed by atoms with Crippen LogP contribution in [-0.2, 0) is 0 Å². The first kappa shape index (κ1) is 10.9. The first-order valence-corrected chi connectivity index (χ1v) is 6.00. The number of nitrogens with two attached hydrogens (primary N) is 1. The maximum absolute atomic E-state index is 5.89. The minimum Gasteiger partial charge on any atom is -0.456 e. The predicted octanol–water partition coefficient (Wildman–Crippen LogP) is 4.30. The summed E-state index contributed by atoms with van der Waals surface area (Å²) in [5, 5.41) is 1.14. The fourth-order valence-electron chi connectivity index (χ4n) is 2.26. The van der Waals surface area contributed by atoms with Gasteiger partial charge in [-0.25, -0.2) is 0 Å². The molecule has 0 amide bonds. The van der Waals surface area contributed by atoms with Crippen LogP contribution in [-0.4, -0.2) is 0 Å². The van der Waals surface area contributed by atoms with E-state index in [4.69, 9.17) is 10.2 Å². The number of nitrogen functional groups attached to an aromatic ring is 1. The number of hydrogen-bond donors (Lipinski definition) is 1. The van der Waals surface area contributed by atoms with Gasteiger partial charge in [-0.1, -0.05) is 11.6 Å². The van der Waals surface area contributed by atoms with Crippen LogP contribution in [0.5, 0.6) is 0 Å². The third-order valence-electron chi connectivity index (χ3n) is 3.19. The second-order valence-corrected chi connectivity index (χ2v) is 4.73. The fourth-order valence-corrected chi connectivity index (χ4v) is 2.26. The topological polar surface area (TPSA) is 39.2 Å².